The van der Waals surface area contributed by atoms with Crippen LogP contribution in [0.4, 0.5) is 0 Å². The number of nitrogens with zero attached hydrogens (tertiary/aromatic N) is 2. The van der Waals surface area contributed by atoms with Gasteiger partial charge < -0.3 is 10.4 Å². The molecule has 17 heavy (non-hydrogen) atoms. The van der Waals surface area contributed by atoms with Crippen LogP contribution in [0.2, 0.25) is 0 Å². The SMILES string of the molecule is CC(C)(C)CCNCc1ncncc1C(=O)O. The number of carboxylic acid groups (broad SMARTS) is 1. The minimum Gasteiger partial charge on any atom is -0.478 e. The summed E-state index contributed by atoms with van der Waals surface area (Å²) >= 11 is 0. The van der Waals surface area contributed by atoms with E-state index < -0.39 is 5.97 Å². The molecule has 0 bridgehead atoms. The molecule has 0 aliphatic carbocycles. The van der Waals surface area contributed by atoms with Gasteiger partial charge in [0.15, 0.2) is 0 Å². The maximum atomic E-state index is 10.9. The van der Waals surface area contributed by atoms with Crippen LogP contribution < -0.4 is 5.32 Å². The highest BCUT2D eigenvalue weighted by atomic mass is 16.4. The Labute approximate surface area is 101 Å². The summed E-state index contributed by atoms with van der Waals surface area (Å²) in [5.74, 6) is -0.988. The summed E-state index contributed by atoms with van der Waals surface area (Å²) in [6.07, 6.45) is 3.73. The summed E-state index contributed by atoms with van der Waals surface area (Å²) in [6.45, 7) is 7.80. The number of nitrogens with one attached hydrogen (secondary N) is 1. The molecule has 1 aromatic heterocycles. The molecule has 1 aromatic rings. The van der Waals surface area contributed by atoms with E-state index in [-0.39, 0.29) is 11.0 Å². The van der Waals surface area contributed by atoms with Crippen LogP contribution in [0.25, 0.3) is 0 Å². The highest BCUT2D eigenvalue weighted by molar-refractivity contribution is 5.88. The van der Waals surface area contributed by atoms with Crippen molar-refractivity contribution in [2.75, 3.05) is 6.54 Å². The van der Waals surface area contributed by atoms with Gasteiger partial charge in [-0.25, -0.2) is 14.8 Å². The highest BCUT2D eigenvalue weighted by Gasteiger charge is 2.12. The van der Waals surface area contributed by atoms with Gasteiger partial charge in [0.25, 0.3) is 0 Å². The zero-order chi connectivity index (χ0) is 12.9. The average molecular weight is 237 g/mol. The molecule has 94 valence electrons. The Morgan fingerprint density at radius 3 is 2.76 bits per heavy atom. The maximum Gasteiger partial charge on any atom is 0.339 e. The van der Waals surface area contributed by atoms with Crippen molar-refractivity contribution in [2.45, 2.75) is 33.7 Å². The summed E-state index contributed by atoms with van der Waals surface area (Å²) in [4.78, 5) is 18.6. The summed E-state index contributed by atoms with van der Waals surface area (Å²) in [7, 11) is 0. The van der Waals surface area contributed by atoms with Gasteiger partial charge >= 0.3 is 5.97 Å². The lowest BCUT2D eigenvalue weighted by Gasteiger charge is -2.18. The van der Waals surface area contributed by atoms with Crippen molar-refractivity contribution in [2.24, 2.45) is 5.41 Å². The Kier molecular flexibility index (Phi) is 4.57. The maximum absolute atomic E-state index is 10.9. The molecular formula is C12H19N3O2. The summed E-state index contributed by atoms with van der Waals surface area (Å²) in [5, 5.41) is 12.1. The molecule has 0 spiro atoms. The average Bonchev–Trinajstić information content (AvgIpc) is 2.23. The predicted octanol–water partition coefficient (Wildman–Crippen LogP) is 1.70. The summed E-state index contributed by atoms with van der Waals surface area (Å²) in [5.41, 5.74) is 0.964. The third-order valence-corrected chi connectivity index (χ3v) is 2.37. The van der Waals surface area contributed by atoms with E-state index in [2.05, 4.69) is 36.1 Å². The standard InChI is InChI=1S/C12H19N3O2/c1-12(2,3)4-5-13-7-10-9(11(16)17)6-14-8-15-10/h6,8,13H,4-5,7H2,1-3H3,(H,16,17). The van der Waals surface area contributed by atoms with E-state index in [1.165, 1.54) is 12.5 Å². The highest BCUT2D eigenvalue weighted by Crippen LogP contribution is 2.17. The molecule has 0 aliphatic rings. The van der Waals surface area contributed by atoms with Gasteiger partial charge in [0, 0.05) is 12.7 Å². The minimum atomic E-state index is -0.988. The molecule has 2 N–H and O–H groups in total. The van der Waals surface area contributed by atoms with E-state index in [0.717, 1.165) is 13.0 Å². The van der Waals surface area contributed by atoms with Crippen molar-refractivity contribution in [3.8, 4) is 0 Å². The second-order valence-electron chi connectivity index (χ2n) is 5.18. The minimum absolute atomic E-state index is 0.163. The third-order valence-electron chi connectivity index (χ3n) is 2.37. The third kappa shape index (κ3) is 4.91. The van der Waals surface area contributed by atoms with Gasteiger partial charge in [-0.15, -0.1) is 0 Å². The molecule has 0 aliphatic heterocycles. The monoisotopic (exact) mass is 237 g/mol. The van der Waals surface area contributed by atoms with Gasteiger partial charge in [0.05, 0.1) is 5.69 Å². The van der Waals surface area contributed by atoms with Gasteiger partial charge in [0.1, 0.15) is 11.9 Å². The molecule has 5 nitrogen and oxygen atoms in total. The van der Waals surface area contributed by atoms with Crippen LogP contribution in [0.3, 0.4) is 0 Å². The topological polar surface area (TPSA) is 75.1 Å². The van der Waals surface area contributed by atoms with Crippen LogP contribution in [-0.4, -0.2) is 27.6 Å². The molecule has 5 heteroatoms. The first-order valence-electron chi connectivity index (χ1n) is 5.63. The second kappa shape index (κ2) is 5.72. The van der Waals surface area contributed by atoms with E-state index in [0.29, 0.717) is 12.2 Å². The van der Waals surface area contributed by atoms with Crippen molar-refractivity contribution in [3.05, 3.63) is 23.8 Å². The van der Waals surface area contributed by atoms with Crippen molar-refractivity contribution in [1.29, 1.82) is 0 Å². The normalized spacial score (nSPS) is 11.5. The number of rotatable bonds is 5. The van der Waals surface area contributed by atoms with Gasteiger partial charge in [-0.05, 0) is 18.4 Å². The fourth-order valence-corrected chi connectivity index (χ4v) is 1.34. The van der Waals surface area contributed by atoms with E-state index in [4.69, 9.17) is 5.11 Å². The van der Waals surface area contributed by atoms with Crippen molar-refractivity contribution in [3.63, 3.8) is 0 Å². The largest absolute Gasteiger partial charge is 0.478 e. The van der Waals surface area contributed by atoms with Crippen LogP contribution in [0.1, 0.15) is 43.2 Å². The lowest BCUT2D eigenvalue weighted by Crippen LogP contribution is -2.22. The van der Waals surface area contributed by atoms with Crippen LogP contribution >= 0.6 is 0 Å². The number of carboxylic acids is 1. The van der Waals surface area contributed by atoms with Crippen molar-refractivity contribution in [1.82, 2.24) is 15.3 Å². The van der Waals surface area contributed by atoms with Crippen LogP contribution in [0.15, 0.2) is 12.5 Å². The number of carbonyl (C=O) groups is 1. The Morgan fingerprint density at radius 1 is 1.47 bits per heavy atom. The smallest absolute Gasteiger partial charge is 0.339 e. The van der Waals surface area contributed by atoms with Gasteiger partial charge in [0.2, 0.25) is 0 Å². The lowest BCUT2D eigenvalue weighted by molar-refractivity contribution is 0.0694. The molecule has 0 fully saturated rings. The fraction of sp³-hybridized carbons (Fsp3) is 0.583. The number of aromatic carboxylic acids is 1. The zero-order valence-corrected chi connectivity index (χ0v) is 10.5. The van der Waals surface area contributed by atoms with E-state index in [1.807, 2.05) is 0 Å². The first kappa shape index (κ1) is 13.6. The van der Waals surface area contributed by atoms with Gasteiger partial charge in [-0.2, -0.15) is 0 Å². The molecule has 0 radical (unpaired) electrons. The lowest BCUT2D eigenvalue weighted by atomic mass is 9.92. The fourth-order valence-electron chi connectivity index (χ4n) is 1.34. The Bertz CT molecular complexity index is 386. The molecule has 1 heterocycles. The number of hydrogen-bond acceptors (Lipinski definition) is 4. The first-order valence-corrected chi connectivity index (χ1v) is 5.63. The van der Waals surface area contributed by atoms with E-state index in [9.17, 15) is 4.79 Å². The Morgan fingerprint density at radius 2 is 2.18 bits per heavy atom. The zero-order valence-electron chi connectivity index (χ0n) is 10.5. The quantitative estimate of drug-likeness (QED) is 0.762. The number of hydrogen-bond donors (Lipinski definition) is 2. The van der Waals surface area contributed by atoms with Crippen molar-refractivity contribution < 1.29 is 9.90 Å². The molecule has 0 amide bonds. The predicted molar refractivity (Wildman–Crippen MR) is 64.8 cm³/mol. The molecule has 1 rings (SSSR count). The van der Waals surface area contributed by atoms with Crippen LogP contribution in [0, 0.1) is 5.41 Å². The second-order valence-corrected chi connectivity index (χ2v) is 5.18. The summed E-state index contributed by atoms with van der Waals surface area (Å²) < 4.78 is 0. The number of aromatic nitrogens is 2. The Hall–Kier alpha value is -1.49. The Balaban J connectivity index is 2.49. The first-order chi connectivity index (χ1) is 7.90. The molecule has 0 saturated heterocycles. The molecular weight excluding hydrogens is 218 g/mol. The van der Waals surface area contributed by atoms with Crippen LogP contribution in [-0.2, 0) is 6.54 Å². The van der Waals surface area contributed by atoms with Gasteiger partial charge in [-0.1, -0.05) is 20.8 Å². The van der Waals surface area contributed by atoms with E-state index >= 15 is 0 Å². The van der Waals surface area contributed by atoms with Gasteiger partial charge in [-0.3, -0.25) is 0 Å². The van der Waals surface area contributed by atoms with Crippen molar-refractivity contribution >= 4 is 5.97 Å². The molecule has 0 unspecified atom stereocenters. The van der Waals surface area contributed by atoms with Crippen LogP contribution in [0.5, 0.6) is 0 Å². The molecule has 0 atom stereocenters. The van der Waals surface area contributed by atoms with E-state index in [1.54, 1.807) is 0 Å². The molecule has 0 saturated carbocycles. The molecule has 0 aromatic carbocycles. The summed E-state index contributed by atoms with van der Waals surface area (Å²) in [6, 6.07) is 0.